The topological polar surface area (TPSA) is 43.6 Å². The van der Waals surface area contributed by atoms with E-state index in [0.717, 1.165) is 16.3 Å². The molecule has 0 unspecified atom stereocenters. The van der Waals surface area contributed by atoms with E-state index < -0.39 is 0 Å². The predicted octanol–water partition coefficient (Wildman–Crippen LogP) is 2.50. The van der Waals surface area contributed by atoms with Crippen LogP contribution in [0.25, 0.3) is 4.96 Å². The second-order valence-corrected chi connectivity index (χ2v) is 4.81. The zero-order valence-electron chi connectivity index (χ0n) is 9.83. The molecule has 0 saturated heterocycles. The maximum Gasteiger partial charge on any atom is 0.357 e. The molecule has 0 bridgehead atoms. The first-order valence-electron chi connectivity index (χ1n) is 5.18. The number of rotatable bonds is 2. The van der Waals surface area contributed by atoms with Crippen LogP contribution in [-0.4, -0.2) is 22.0 Å². The molecule has 4 nitrogen and oxygen atoms in total. The minimum atomic E-state index is -0.298. The number of thiazole rings is 1. The second-order valence-electron chi connectivity index (χ2n) is 3.63. The van der Waals surface area contributed by atoms with Crippen LogP contribution in [0.2, 0.25) is 0 Å². The van der Waals surface area contributed by atoms with Gasteiger partial charge >= 0.3 is 5.97 Å². The molecule has 2 aromatic rings. The van der Waals surface area contributed by atoms with Gasteiger partial charge in [-0.25, -0.2) is 9.78 Å². The summed E-state index contributed by atoms with van der Waals surface area (Å²) in [5.74, 6) is -0.298. The van der Waals surface area contributed by atoms with Gasteiger partial charge in [0.2, 0.25) is 0 Å². The van der Waals surface area contributed by atoms with Gasteiger partial charge in [-0.15, -0.1) is 11.3 Å². The molecule has 2 aromatic heterocycles. The lowest BCUT2D eigenvalue weighted by atomic mass is 10.3. The highest BCUT2D eigenvalue weighted by molar-refractivity contribution is 7.17. The van der Waals surface area contributed by atoms with Gasteiger partial charge in [0.05, 0.1) is 12.3 Å². The fourth-order valence-electron chi connectivity index (χ4n) is 1.69. The van der Waals surface area contributed by atoms with Crippen LogP contribution in [-0.2, 0) is 4.74 Å². The Balaban J connectivity index is 2.66. The molecule has 0 amide bonds. The van der Waals surface area contributed by atoms with Crippen molar-refractivity contribution in [3.63, 3.8) is 0 Å². The van der Waals surface area contributed by atoms with E-state index in [1.165, 1.54) is 4.88 Å². The molecule has 2 rings (SSSR count). The molecular formula is C11H14N2O2S. The maximum absolute atomic E-state index is 11.8. The molecule has 0 spiro atoms. The molecule has 0 N–H and O–H groups in total. The Labute approximate surface area is 97.9 Å². The number of aromatic nitrogens is 2. The van der Waals surface area contributed by atoms with E-state index in [0.29, 0.717) is 12.3 Å². The molecule has 2 heterocycles. The number of aryl methyl sites for hydroxylation is 3. The van der Waals surface area contributed by atoms with Crippen LogP contribution in [0.15, 0.2) is 0 Å². The van der Waals surface area contributed by atoms with Crippen molar-refractivity contribution in [2.45, 2.75) is 27.7 Å². The number of imidazole rings is 1. The zero-order valence-corrected chi connectivity index (χ0v) is 10.6. The monoisotopic (exact) mass is 238 g/mol. The van der Waals surface area contributed by atoms with Gasteiger partial charge < -0.3 is 4.74 Å². The van der Waals surface area contributed by atoms with Crippen molar-refractivity contribution in [2.75, 3.05) is 6.61 Å². The van der Waals surface area contributed by atoms with Crippen molar-refractivity contribution in [2.24, 2.45) is 0 Å². The third-order valence-electron chi connectivity index (χ3n) is 2.58. The summed E-state index contributed by atoms with van der Waals surface area (Å²) in [7, 11) is 0. The first-order chi connectivity index (χ1) is 7.56. The number of carbonyl (C=O) groups is 1. The SMILES string of the molecule is CCOC(=O)c1c(C)nc2sc(C)c(C)n12. The summed E-state index contributed by atoms with van der Waals surface area (Å²) in [5, 5.41) is 0. The Morgan fingerprint density at radius 2 is 2.12 bits per heavy atom. The lowest BCUT2D eigenvalue weighted by Crippen LogP contribution is -2.10. The molecule has 0 aliphatic carbocycles. The van der Waals surface area contributed by atoms with Crippen molar-refractivity contribution < 1.29 is 9.53 Å². The van der Waals surface area contributed by atoms with E-state index in [1.807, 2.05) is 25.2 Å². The zero-order chi connectivity index (χ0) is 11.9. The Kier molecular flexibility index (Phi) is 2.71. The number of nitrogens with zero attached hydrogens (tertiary/aromatic N) is 2. The Hall–Kier alpha value is -1.36. The second kappa shape index (κ2) is 3.90. The normalized spacial score (nSPS) is 11.0. The van der Waals surface area contributed by atoms with Crippen molar-refractivity contribution >= 4 is 22.3 Å². The molecule has 16 heavy (non-hydrogen) atoms. The van der Waals surface area contributed by atoms with E-state index in [1.54, 1.807) is 18.3 Å². The van der Waals surface area contributed by atoms with Gasteiger partial charge in [-0.2, -0.15) is 0 Å². The standard InChI is InChI=1S/C11H14N2O2S/c1-5-15-10(14)9-6(2)12-11-13(9)7(3)8(4)16-11/h5H2,1-4H3. The number of esters is 1. The predicted molar refractivity (Wildman–Crippen MR) is 63.2 cm³/mol. The van der Waals surface area contributed by atoms with Crippen molar-refractivity contribution in [1.82, 2.24) is 9.38 Å². The van der Waals surface area contributed by atoms with Crippen LogP contribution in [0, 0.1) is 20.8 Å². The molecule has 0 aliphatic heterocycles. The fourth-order valence-corrected chi connectivity index (χ4v) is 2.71. The van der Waals surface area contributed by atoms with Gasteiger partial charge in [0.25, 0.3) is 0 Å². The van der Waals surface area contributed by atoms with Gasteiger partial charge in [-0.05, 0) is 27.7 Å². The molecule has 0 aliphatic rings. The van der Waals surface area contributed by atoms with Crippen LogP contribution in [0.4, 0.5) is 0 Å². The van der Waals surface area contributed by atoms with Crippen LogP contribution in [0.3, 0.4) is 0 Å². The number of fused-ring (bicyclic) bond motifs is 1. The molecule has 0 radical (unpaired) electrons. The molecule has 0 aromatic carbocycles. The lowest BCUT2D eigenvalue weighted by molar-refractivity contribution is 0.0517. The van der Waals surface area contributed by atoms with Gasteiger partial charge in [-0.1, -0.05) is 0 Å². The number of ether oxygens (including phenoxy) is 1. The summed E-state index contributed by atoms with van der Waals surface area (Å²) in [6, 6.07) is 0. The number of hydrogen-bond acceptors (Lipinski definition) is 4. The highest BCUT2D eigenvalue weighted by Crippen LogP contribution is 2.25. The average Bonchev–Trinajstić information content (AvgIpc) is 2.65. The van der Waals surface area contributed by atoms with E-state index >= 15 is 0 Å². The third kappa shape index (κ3) is 1.51. The highest BCUT2D eigenvalue weighted by atomic mass is 32.1. The third-order valence-corrected chi connectivity index (χ3v) is 3.64. The minimum Gasteiger partial charge on any atom is -0.461 e. The molecular weight excluding hydrogens is 224 g/mol. The van der Waals surface area contributed by atoms with E-state index in [9.17, 15) is 4.79 Å². The Morgan fingerprint density at radius 1 is 1.44 bits per heavy atom. The summed E-state index contributed by atoms with van der Waals surface area (Å²) in [4.78, 5) is 18.2. The van der Waals surface area contributed by atoms with Gasteiger partial charge in [0, 0.05) is 10.6 Å². The van der Waals surface area contributed by atoms with E-state index in [-0.39, 0.29) is 5.97 Å². The van der Waals surface area contributed by atoms with E-state index in [4.69, 9.17) is 4.74 Å². The van der Waals surface area contributed by atoms with Crippen molar-refractivity contribution in [3.05, 3.63) is 22.0 Å². The fraction of sp³-hybridized carbons (Fsp3) is 0.455. The first-order valence-corrected chi connectivity index (χ1v) is 6.00. The van der Waals surface area contributed by atoms with Crippen LogP contribution >= 0.6 is 11.3 Å². The number of hydrogen-bond donors (Lipinski definition) is 0. The molecule has 86 valence electrons. The minimum absolute atomic E-state index is 0.298. The van der Waals surface area contributed by atoms with Gasteiger partial charge in [0.1, 0.15) is 0 Å². The van der Waals surface area contributed by atoms with Gasteiger partial charge in [-0.3, -0.25) is 4.40 Å². The Bertz CT molecular complexity index is 554. The highest BCUT2D eigenvalue weighted by Gasteiger charge is 2.21. The maximum atomic E-state index is 11.8. The summed E-state index contributed by atoms with van der Waals surface area (Å²) < 4.78 is 6.93. The number of carbonyl (C=O) groups excluding carboxylic acids is 1. The van der Waals surface area contributed by atoms with Crippen LogP contribution in [0.5, 0.6) is 0 Å². The van der Waals surface area contributed by atoms with Crippen molar-refractivity contribution in [1.29, 1.82) is 0 Å². The summed E-state index contributed by atoms with van der Waals surface area (Å²) in [6.07, 6.45) is 0. The lowest BCUT2D eigenvalue weighted by Gasteiger charge is -2.02. The van der Waals surface area contributed by atoms with E-state index in [2.05, 4.69) is 4.98 Å². The van der Waals surface area contributed by atoms with Gasteiger partial charge in [0.15, 0.2) is 10.7 Å². The summed E-state index contributed by atoms with van der Waals surface area (Å²) >= 11 is 1.59. The molecule has 0 atom stereocenters. The van der Waals surface area contributed by atoms with Crippen LogP contribution < -0.4 is 0 Å². The smallest absolute Gasteiger partial charge is 0.357 e. The first kappa shape index (κ1) is 11.1. The summed E-state index contributed by atoms with van der Waals surface area (Å²) in [6.45, 7) is 8.03. The Morgan fingerprint density at radius 3 is 2.75 bits per heavy atom. The molecule has 5 heteroatoms. The quantitative estimate of drug-likeness (QED) is 0.755. The largest absolute Gasteiger partial charge is 0.461 e. The molecule has 0 fully saturated rings. The average molecular weight is 238 g/mol. The van der Waals surface area contributed by atoms with Crippen molar-refractivity contribution in [3.8, 4) is 0 Å². The molecule has 0 saturated carbocycles. The summed E-state index contributed by atoms with van der Waals surface area (Å²) in [5.41, 5.74) is 2.34. The van der Waals surface area contributed by atoms with Crippen LogP contribution in [0.1, 0.15) is 33.7 Å².